The SMILES string of the molecule is CC1=C(CO)[N+](c2ccc(F)cc2Cl)(c2c(F)cc(F)cc2Br)C(Br)=N1. The molecule has 3 rings (SSSR count). The fourth-order valence-corrected chi connectivity index (χ4v) is 4.87. The first-order chi connectivity index (χ1) is 12.2. The number of rotatable bonds is 3. The van der Waals surface area contributed by atoms with Gasteiger partial charge in [0.15, 0.2) is 22.9 Å². The number of aliphatic imine (C=N–C) groups is 1. The lowest BCUT2D eigenvalue weighted by atomic mass is 10.1. The van der Waals surface area contributed by atoms with Gasteiger partial charge in [0.2, 0.25) is 0 Å². The molecule has 0 spiro atoms. The van der Waals surface area contributed by atoms with Crippen molar-refractivity contribution in [2.45, 2.75) is 6.92 Å². The number of amidine groups is 1. The number of aliphatic hydroxyl groups excluding tert-OH is 1. The number of allylic oxidation sites excluding steroid dienone is 1. The van der Waals surface area contributed by atoms with Gasteiger partial charge in [-0.1, -0.05) is 11.6 Å². The Kier molecular flexibility index (Phi) is 5.33. The number of halogens is 6. The quantitative estimate of drug-likeness (QED) is 0.389. The van der Waals surface area contributed by atoms with E-state index in [-0.39, 0.29) is 31.3 Å². The predicted molar refractivity (Wildman–Crippen MR) is 103 cm³/mol. The van der Waals surface area contributed by atoms with Gasteiger partial charge in [0.05, 0.1) is 4.47 Å². The molecule has 0 radical (unpaired) electrons. The van der Waals surface area contributed by atoms with Gasteiger partial charge in [-0.15, -0.1) is 0 Å². The largest absolute Gasteiger partial charge is 0.386 e. The van der Waals surface area contributed by atoms with Crippen molar-refractivity contribution in [2.75, 3.05) is 6.61 Å². The number of nitrogens with zero attached hydrogens (tertiary/aromatic N) is 2. The van der Waals surface area contributed by atoms with Gasteiger partial charge < -0.3 is 5.11 Å². The standard InChI is InChI=1S/C17H11Br2ClF3N2O/c1-8-15(7-26)25(17(19)24-8,14-3-2-9(21)5-12(14)20)16-11(18)4-10(22)6-13(16)23/h2-6,26H,7H2,1H3/q+1. The summed E-state index contributed by atoms with van der Waals surface area (Å²) in [4.78, 5) is 4.31. The van der Waals surface area contributed by atoms with Crippen LogP contribution in [0, 0.1) is 17.5 Å². The van der Waals surface area contributed by atoms with Crippen LogP contribution in [-0.4, -0.2) is 16.5 Å². The number of benzene rings is 2. The van der Waals surface area contributed by atoms with Gasteiger partial charge in [-0.3, -0.25) is 0 Å². The van der Waals surface area contributed by atoms with E-state index in [2.05, 4.69) is 36.9 Å². The molecule has 2 aromatic rings. The average Bonchev–Trinajstić information content (AvgIpc) is 2.77. The van der Waals surface area contributed by atoms with Crippen LogP contribution in [0.3, 0.4) is 0 Å². The third-order valence-electron chi connectivity index (χ3n) is 4.10. The summed E-state index contributed by atoms with van der Waals surface area (Å²) in [5.41, 5.74) is 0.916. The van der Waals surface area contributed by atoms with Crippen LogP contribution in [0.4, 0.5) is 24.5 Å². The lowest BCUT2D eigenvalue weighted by Crippen LogP contribution is -2.46. The third-order valence-corrected chi connectivity index (χ3v) is 5.71. The molecule has 2 aromatic carbocycles. The van der Waals surface area contributed by atoms with E-state index < -0.39 is 28.5 Å². The Balaban J connectivity index is 2.50. The van der Waals surface area contributed by atoms with Crippen LogP contribution in [0.5, 0.6) is 0 Å². The van der Waals surface area contributed by atoms with Crippen molar-refractivity contribution >= 4 is 59.6 Å². The first kappa shape index (κ1) is 19.6. The summed E-state index contributed by atoms with van der Waals surface area (Å²) in [5.74, 6) is -2.24. The summed E-state index contributed by atoms with van der Waals surface area (Å²) in [7, 11) is 0. The van der Waals surface area contributed by atoms with Gasteiger partial charge >= 0.3 is 0 Å². The van der Waals surface area contributed by atoms with Gasteiger partial charge in [-0.25, -0.2) is 13.2 Å². The molecule has 1 aliphatic heterocycles. The van der Waals surface area contributed by atoms with Gasteiger partial charge in [0, 0.05) is 28.1 Å². The van der Waals surface area contributed by atoms with Crippen LogP contribution in [-0.2, 0) is 0 Å². The Hall–Kier alpha value is -1.19. The van der Waals surface area contributed by atoms with Crippen molar-refractivity contribution < 1.29 is 18.3 Å². The van der Waals surface area contributed by atoms with Crippen molar-refractivity contribution in [1.82, 2.24) is 4.48 Å². The van der Waals surface area contributed by atoms with Crippen molar-refractivity contribution in [1.29, 1.82) is 0 Å². The molecule has 0 saturated heterocycles. The van der Waals surface area contributed by atoms with E-state index in [1.165, 1.54) is 12.1 Å². The monoisotopic (exact) mass is 509 g/mol. The first-order valence-electron chi connectivity index (χ1n) is 7.29. The summed E-state index contributed by atoms with van der Waals surface area (Å²) in [6.45, 7) is 1.15. The van der Waals surface area contributed by atoms with E-state index in [1.807, 2.05) is 0 Å². The Morgan fingerprint density at radius 3 is 2.38 bits per heavy atom. The summed E-state index contributed by atoms with van der Waals surface area (Å²) >= 11 is 12.8. The maximum absolute atomic E-state index is 14.9. The van der Waals surface area contributed by atoms with Crippen LogP contribution in [0.2, 0.25) is 5.02 Å². The molecule has 1 atom stereocenters. The van der Waals surface area contributed by atoms with Gasteiger partial charge in [-0.2, -0.15) is 9.48 Å². The number of hydrogen-bond donors (Lipinski definition) is 1. The fraction of sp³-hybridized carbons (Fsp3) is 0.118. The fourth-order valence-electron chi connectivity index (χ4n) is 3.05. The van der Waals surface area contributed by atoms with Gasteiger partial charge in [0.1, 0.15) is 29.0 Å². The maximum atomic E-state index is 14.9. The second-order valence-electron chi connectivity index (χ2n) is 5.56. The number of aliphatic hydroxyl groups is 1. The van der Waals surface area contributed by atoms with E-state index in [9.17, 15) is 18.3 Å². The molecule has 3 nitrogen and oxygen atoms in total. The Bertz CT molecular complexity index is 957. The lowest BCUT2D eigenvalue weighted by molar-refractivity contribution is 0.309. The molecular formula is C17H11Br2ClF3N2O+. The highest BCUT2D eigenvalue weighted by Crippen LogP contribution is 2.52. The molecule has 26 heavy (non-hydrogen) atoms. The van der Waals surface area contributed by atoms with Crippen LogP contribution in [0.15, 0.2) is 51.2 Å². The lowest BCUT2D eigenvalue weighted by Gasteiger charge is -2.34. The van der Waals surface area contributed by atoms with E-state index in [1.54, 1.807) is 6.92 Å². The maximum Gasteiger partial charge on any atom is 0.287 e. The Morgan fingerprint density at radius 1 is 1.12 bits per heavy atom. The minimum atomic E-state index is -0.884. The molecule has 1 aliphatic rings. The highest BCUT2D eigenvalue weighted by molar-refractivity contribution is 9.18. The highest BCUT2D eigenvalue weighted by atomic mass is 79.9. The molecule has 0 aromatic heterocycles. The minimum absolute atomic E-state index is 0.00609. The Morgan fingerprint density at radius 2 is 1.81 bits per heavy atom. The van der Waals surface area contributed by atoms with Crippen molar-refractivity contribution in [2.24, 2.45) is 4.99 Å². The topological polar surface area (TPSA) is 32.6 Å². The van der Waals surface area contributed by atoms with Crippen LogP contribution < -0.4 is 4.48 Å². The van der Waals surface area contributed by atoms with E-state index in [0.717, 1.165) is 18.2 Å². The third kappa shape index (κ3) is 2.84. The average molecular weight is 512 g/mol. The molecule has 1 unspecified atom stereocenters. The zero-order valence-electron chi connectivity index (χ0n) is 13.2. The number of hydrogen-bond acceptors (Lipinski definition) is 2. The first-order valence-corrected chi connectivity index (χ1v) is 9.25. The molecule has 0 fully saturated rings. The molecule has 0 bridgehead atoms. The summed E-state index contributed by atoms with van der Waals surface area (Å²) in [5, 5.41) is 9.99. The summed E-state index contributed by atoms with van der Waals surface area (Å²) in [6.07, 6.45) is 0. The Labute approximate surface area is 169 Å². The molecule has 9 heteroatoms. The zero-order chi connectivity index (χ0) is 19.2. The molecule has 0 aliphatic carbocycles. The molecule has 0 amide bonds. The van der Waals surface area contributed by atoms with Crippen molar-refractivity contribution in [3.8, 4) is 0 Å². The van der Waals surface area contributed by atoms with E-state index in [0.29, 0.717) is 5.70 Å². The van der Waals surface area contributed by atoms with Crippen LogP contribution in [0.1, 0.15) is 6.92 Å². The highest BCUT2D eigenvalue weighted by Gasteiger charge is 2.52. The van der Waals surface area contributed by atoms with Crippen molar-refractivity contribution in [3.05, 3.63) is 68.7 Å². The van der Waals surface area contributed by atoms with E-state index >= 15 is 0 Å². The van der Waals surface area contributed by atoms with Gasteiger partial charge in [0.25, 0.3) is 4.74 Å². The zero-order valence-corrected chi connectivity index (χ0v) is 17.1. The predicted octanol–water partition coefficient (Wildman–Crippen LogP) is 6.15. The molecule has 1 N–H and O–H groups in total. The summed E-state index contributed by atoms with van der Waals surface area (Å²) < 4.78 is 41.9. The van der Waals surface area contributed by atoms with E-state index in [4.69, 9.17) is 11.6 Å². The summed E-state index contributed by atoms with van der Waals surface area (Å²) in [6, 6.07) is 5.44. The smallest absolute Gasteiger partial charge is 0.287 e. The van der Waals surface area contributed by atoms with Crippen LogP contribution >= 0.6 is 43.5 Å². The number of quaternary nitrogens is 1. The molecule has 136 valence electrons. The minimum Gasteiger partial charge on any atom is -0.386 e. The molecule has 1 heterocycles. The normalized spacial score (nSPS) is 19.9. The second kappa shape index (κ2) is 7.09. The molecular weight excluding hydrogens is 500 g/mol. The van der Waals surface area contributed by atoms with Crippen molar-refractivity contribution in [3.63, 3.8) is 0 Å². The van der Waals surface area contributed by atoms with Crippen LogP contribution in [0.25, 0.3) is 0 Å². The second-order valence-corrected chi connectivity index (χ2v) is 7.53. The van der Waals surface area contributed by atoms with Gasteiger partial charge in [-0.05, 0) is 41.1 Å². The molecule has 0 saturated carbocycles.